The van der Waals surface area contributed by atoms with Gasteiger partial charge in [-0.25, -0.2) is 0 Å². The van der Waals surface area contributed by atoms with Crippen molar-refractivity contribution in [3.8, 4) is 0 Å². The van der Waals surface area contributed by atoms with Gasteiger partial charge >= 0.3 is 0 Å². The van der Waals surface area contributed by atoms with E-state index in [1.54, 1.807) is 0 Å². The summed E-state index contributed by atoms with van der Waals surface area (Å²) in [5, 5.41) is 7.23. The summed E-state index contributed by atoms with van der Waals surface area (Å²) in [5.41, 5.74) is 2.47. The second-order valence-electron chi connectivity index (χ2n) is 5.00. The van der Waals surface area contributed by atoms with E-state index in [4.69, 9.17) is 4.52 Å². The third-order valence-electron chi connectivity index (χ3n) is 3.28. The molecule has 0 fully saturated rings. The number of benzene rings is 1. The summed E-state index contributed by atoms with van der Waals surface area (Å²) in [6, 6.07) is 8.88. The highest BCUT2D eigenvalue weighted by Crippen LogP contribution is 2.09. The topological polar surface area (TPSA) is 51.0 Å². The lowest BCUT2D eigenvalue weighted by atomic mass is 10.1. The van der Waals surface area contributed by atoms with Gasteiger partial charge in [-0.2, -0.15) is 4.98 Å². The highest BCUT2D eigenvalue weighted by molar-refractivity contribution is 5.23. The van der Waals surface area contributed by atoms with Crippen LogP contribution < -0.4 is 5.32 Å². The monoisotopic (exact) mass is 259 g/mol. The summed E-state index contributed by atoms with van der Waals surface area (Å²) in [6.45, 7) is 4.22. The lowest BCUT2D eigenvalue weighted by molar-refractivity contribution is 0.365. The van der Waals surface area contributed by atoms with E-state index < -0.39 is 0 Å². The van der Waals surface area contributed by atoms with Crippen molar-refractivity contribution in [1.82, 2.24) is 15.5 Å². The number of aryl methyl sites for hydroxylation is 2. The number of aromatic nitrogens is 2. The Morgan fingerprint density at radius 1 is 1.26 bits per heavy atom. The van der Waals surface area contributed by atoms with Crippen LogP contribution in [0, 0.1) is 6.92 Å². The molecule has 0 spiro atoms. The number of hydrogen-bond donors (Lipinski definition) is 1. The first-order chi connectivity index (χ1) is 9.17. The summed E-state index contributed by atoms with van der Waals surface area (Å²) in [4.78, 5) is 4.43. The lowest BCUT2D eigenvalue weighted by Gasteiger charge is -2.06. The van der Waals surface area contributed by atoms with Crippen LogP contribution >= 0.6 is 0 Å². The Morgan fingerprint density at radius 2 is 2.00 bits per heavy atom. The summed E-state index contributed by atoms with van der Waals surface area (Å²) in [6.07, 6.45) is 2.55. The Kier molecular flexibility index (Phi) is 4.68. The second-order valence-corrected chi connectivity index (χ2v) is 5.00. The standard InChI is InChI=1S/C15H21N3O/c1-11-4-7-13(8-5-11)10-14-17-15(19-18-14)9-6-12(2)16-3/h4-5,7-8,12,16H,6,9-10H2,1-3H3. The fourth-order valence-corrected chi connectivity index (χ4v) is 1.84. The Hall–Kier alpha value is -1.68. The molecule has 102 valence electrons. The molecule has 0 saturated heterocycles. The Balaban J connectivity index is 1.91. The maximum Gasteiger partial charge on any atom is 0.226 e. The maximum absolute atomic E-state index is 5.27. The van der Waals surface area contributed by atoms with E-state index in [2.05, 4.69) is 53.6 Å². The predicted molar refractivity (Wildman–Crippen MR) is 75.1 cm³/mol. The zero-order chi connectivity index (χ0) is 13.7. The Bertz CT molecular complexity index is 504. The first-order valence-corrected chi connectivity index (χ1v) is 6.71. The first-order valence-electron chi connectivity index (χ1n) is 6.71. The molecule has 0 aliphatic carbocycles. The van der Waals surface area contributed by atoms with Crippen molar-refractivity contribution in [3.63, 3.8) is 0 Å². The third kappa shape index (κ3) is 4.17. The molecule has 1 heterocycles. The Labute approximate surface area is 114 Å². The number of hydrogen-bond acceptors (Lipinski definition) is 4. The van der Waals surface area contributed by atoms with Crippen LogP contribution in [-0.2, 0) is 12.8 Å². The molecule has 0 amide bonds. The molecule has 1 aromatic carbocycles. The molecular formula is C15H21N3O. The molecule has 0 saturated carbocycles. The molecule has 1 aromatic heterocycles. The van der Waals surface area contributed by atoms with Gasteiger partial charge in [0.25, 0.3) is 0 Å². The van der Waals surface area contributed by atoms with Crippen LogP contribution in [0.4, 0.5) is 0 Å². The summed E-state index contributed by atoms with van der Waals surface area (Å²) in [7, 11) is 1.96. The van der Waals surface area contributed by atoms with Crippen molar-refractivity contribution in [1.29, 1.82) is 0 Å². The van der Waals surface area contributed by atoms with Gasteiger partial charge in [-0.3, -0.25) is 0 Å². The van der Waals surface area contributed by atoms with Gasteiger partial charge in [0.1, 0.15) is 0 Å². The lowest BCUT2D eigenvalue weighted by Crippen LogP contribution is -2.21. The molecule has 2 aromatic rings. The maximum atomic E-state index is 5.27. The molecule has 0 aliphatic rings. The van der Waals surface area contributed by atoms with Crippen LogP contribution in [0.15, 0.2) is 28.8 Å². The Morgan fingerprint density at radius 3 is 2.68 bits per heavy atom. The predicted octanol–water partition coefficient (Wildman–Crippen LogP) is 2.51. The molecular weight excluding hydrogens is 238 g/mol. The van der Waals surface area contributed by atoms with E-state index in [1.165, 1.54) is 11.1 Å². The van der Waals surface area contributed by atoms with Crippen molar-refractivity contribution in [3.05, 3.63) is 47.1 Å². The van der Waals surface area contributed by atoms with Gasteiger partial charge in [0.15, 0.2) is 5.82 Å². The number of nitrogens with zero attached hydrogens (tertiary/aromatic N) is 2. The van der Waals surface area contributed by atoms with Crippen molar-refractivity contribution in [2.24, 2.45) is 0 Å². The van der Waals surface area contributed by atoms with Crippen molar-refractivity contribution in [2.75, 3.05) is 7.05 Å². The summed E-state index contributed by atoms with van der Waals surface area (Å²) in [5.74, 6) is 1.49. The summed E-state index contributed by atoms with van der Waals surface area (Å²) >= 11 is 0. The van der Waals surface area contributed by atoms with Crippen LogP contribution in [0.2, 0.25) is 0 Å². The molecule has 1 atom stereocenters. The van der Waals surface area contributed by atoms with E-state index in [0.717, 1.165) is 31.0 Å². The molecule has 1 unspecified atom stereocenters. The molecule has 4 heteroatoms. The number of nitrogens with one attached hydrogen (secondary N) is 1. The quantitative estimate of drug-likeness (QED) is 0.866. The van der Waals surface area contributed by atoms with E-state index in [0.29, 0.717) is 6.04 Å². The van der Waals surface area contributed by atoms with Gasteiger partial charge in [-0.05, 0) is 32.9 Å². The zero-order valence-corrected chi connectivity index (χ0v) is 11.8. The van der Waals surface area contributed by atoms with E-state index in [-0.39, 0.29) is 0 Å². The van der Waals surface area contributed by atoms with Gasteiger partial charge in [0, 0.05) is 18.9 Å². The second kappa shape index (κ2) is 6.48. The fourth-order valence-electron chi connectivity index (χ4n) is 1.84. The third-order valence-corrected chi connectivity index (χ3v) is 3.28. The molecule has 19 heavy (non-hydrogen) atoms. The van der Waals surface area contributed by atoms with Crippen LogP contribution in [0.1, 0.15) is 36.2 Å². The van der Waals surface area contributed by atoms with Crippen LogP contribution in [0.3, 0.4) is 0 Å². The molecule has 0 aliphatic heterocycles. The minimum Gasteiger partial charge on any atom is -0.339 e. The van der Waals surface area contributed by atoms with Crippen molar-refractivity contribution < 1.29 is 4.52 Å². The average Bonchev–Trinajstić information content (AvgIpc) is 2.86. The average molecular weight is 259 g/mol. The highest BCUT2D eigenvalue weighted by atomic mass is 16.5. The van der Waals surface area contributed by atoms with E-state index in [1.807, 2.05) is 7.05 Å². The van der Waals surface area contributed by atoms with Gasteiger partial charge < -0.3 is 9.84 Å². The van der Waals surface area contributed by atoms with E-state index in [9.17, 15) is 0 Å². The minimum absolute atomic E-state index is 0.465. The van der Waals surface area contributed by atoms with Crippen LogP contribution in [-0.4, -0.2) is 23.2 Å². The largest absolute Gasteiger partial charge is 0.339 e. The van der Waals surface area contributed by atoms with Crippen LogP contribution in [0.25, 0.3) is 0 Å². The summed E-state index contributed by atoms with van der Waals surface area (Å²) < 4.78 is 5.27. The molecule has 0 bridgehead atoms. The normalized spacial score (nSPS) is 12.6. The SMILES string of the molecule is CNC(C)CCc1nc(Cc2ccc(C)cc2)no1. The molecule has 2 rings (SSSR count). The molecule has 1 N–H and O–H groups in total. The fraction of sp³-hybridized carbons (Fsp3) is 0.467. The van der Waals surface area contributed by atoms with Crippen molar-refractivity contribution >= 4 is 0 Å². The van der Waals surface area contributed by atoms with Gasteiger partial charge in [0.2, 0.25) is 5.89 Å². The molecule has 4 nitrogen and oxygen atoms in total. The smallest absolute Gasteiger partial charge is 0.226 e. The zero-order valence-electron chi connectivity index (χ0n) is 11.8. The van der Waals surface area contributed by atoms with E-state index >= 15 is 0 Å². The molecule has 0 radical (unpaired) electrons. The number of rotatable bonds is 6. The highest BCUT2D eigenvalue weighted by Gasteiger charge is 2.08. The van der Waals surface area contributed by atoms with Crippen LogP contribution in [0.5, 0.6) is 0 Å². The van der Waals surface area contributed by atoms with Gasteiger partial charge in [0.05, 0.1) is 0 Å². The van der Waals surface area contributed by atoms with Gasteiger partial charge in [-0.1, -0.05) is 35.0 Å². The minimum atomic E-state index is 0.465. The van der Waals surface area contributed by atoms with Crippen molar-refractivity contribution in [2.45, 2.75) is 39.2 Å². The van der Waals surface area contributed by atoms with Gasteiger partial charge in [-0.15, -0.1) is 0 Å². The first kappa shape index (κ1) is 13.7.